The van der Waals surface area contributed by atoms with Crippen LogP contribution in [0.4, 0.5) is 8.78 Å². The Labute approximate surface area is 103 Å². The van der Waals surface area contributed by atoms with E-state index in [9.17, 15) is 8.78 Å². The van der Waals surface area contributed by atoms with Crippen molar-refractivity contribution in [3.05, 3.63) is 0 Å². The van der Waals surface area contributed by atoms with Gasteiger partial charge in [0.1, 0.15) is 0 Å². The van der Waals surface area contributed by atoms with Gasteiger partial charge in [0.25, 0.3) is 0 Å². The summed E-state index contributed by atoms with van der Waals surface area (Å²) >= 11 is 30.1. The third-order valence-corrected chi connectivity index (χ3v) is 1.78. The molecule has 9 heteroatoms. The van der Waals surface area contributed by atoms with E-state index in [2.05, 4.69) is 4.74 Å². The van der Waals surface area contributed by atoms with Crippen LogP contribution in [0.5, 0.6) is 0 Å². The number of rotatable bonds is 2. The van der Waals surface area contributed by atoms with Crippen LogP contribution in [0.2, 0.25) is 0 Å². The van der Waals surface area contributed by atoms with Crippen molar-refractivity contribution >= 4 is 69.6 Å². The third kappa shape index (κ3) is 5.88. The molecule has 0 saturated carbocycles. The molecule has 0 rings (SSSR count). The lowest BCUT2D eigenvalue weighted by Gasteiger charge is -2.22. The quantitative estimate of drug-likeness (QED) is 0.689. The van der Waals surface area contributed by atoms with Gasteiger partial charge in [-0.15, -0.1) is 0 Å². The fraction of sp³-hybridized carbons (Fsp3) is 1.00. The molecule has 0 amide bonds. The first-order valence-electron chi connectivity index (χ1n) is 2.62. The van der Waals surface area contributed by atoms with Crippen molar-refractivity contribution in [2.45, 2.75) is 20.3 Å². The minimum absolute atomic E-state index is 2.43. The molecule has 0 fully saturated rings. The van der Waals surface area contributed by atoms with Gasteiger partial charge in [0.05, 0.1) is 0 Å². The summed E-state index contributed by atoms with van der Waals surface area (Å²) in [6.45, 7) is 0. The molecule has 0 N–H and O–H groups in total. The number of alkyl halides is 8. The number of ether oxygens (including phenoxy) is 1. The Hall–Kier alpha value is 1.56. The van der Waals surface area contributed by atoms with Crippen LogP contribution in [-0.2, 0) is 4.74 Å². The van der Waals surface area contributed by atoms with Crippen molar-refractivity contribution in [2.24, 2.45) is 0 Å². The second kappa shape index (κ2) is 5.06. The molecule has 13 heavy (non-hydrogen) atoms. The average molecular weight is 317 g/mol. The molecule has 0 aliphatic rings. The second-order valence-corrected chi connectivity index (χ2v) is 6.59. The first-order chi connectivity index (χ1) is 5.55. The summed E-state index contributed by atoms with van der Waals surface area (Å²) in [5, 5.41) is 0. The van der Waals surface area contributed by atoms with Crippen molar-refractivity contribution in [3.63, 3.8) is 0 Å². The molecule has 0 unspecified atom stereocenters. The van der Waals surface area contributed by atoms with Gasteiger partial charge in [0.2, 0.25) is 20.3 Å². The molecule has 2 atom stereocenters. The van der Waals surface area contributed by atoms with Gasteiger partial charge >= 0.3 is 0 Å². The molecule has 0 aliphatic carbocycles. The predicted octanol–water partition coefficient (Wildman–Crippen LogP) is 4.33. The average Bonchev–Trinajstić information content (AvgIpc) is 1.82. The molecule has 0 aromatic heterocycles. The highest BCUT2D eigenvalue weighted by molar-refractivity contribution is 6.68. The van der Waals surface area contributed by atoms with Gasteiger partial charge in [-0.3, -0.25) is 0 Å². The molecule has 1 nitrogen and oxygen atoms in total. The van der Waals surface area contributed by atoms with E-state index in [-0.39, 0.29) is 0 Å². The molecule has 80 valence electrons. The topological polar surface area (TPSA) is 9.23 Å². The zero-order chi connectivity index (χ0) is 10.9. The van der Waals surface area contributed by atoms with Crippen LogP contribution in [-0.4, -0.2) is 20.3 Å². The normalized spacial score (nSPS) is 18.5. The van der Waals surface area contributed by atoms with Crippen LogP contribution in [0.15, 0.2) is 0 Å². The molecule has 0 radical (unpaired) electrons. The minimum atomic E-state index is -2.52. The first-order valence-corrected chi connectivity index (χ1v) is 4.89. The summed E-state index contributed by atoms with van der Waals surface area (Å²) < 4.78 is 24.3. The largest absolute Gasteiger partial charge is 0.306 e. The fourth-order valence-corrected chi connectivity index (χ4v) is 0.568. The Morgan fingerprint density at radius 3 is 1.15 bits per heavy atom. The van der Waals surface area contributed by atoms with Crippen LogP contribution in [0.1, 0.15) is 0 Å². The van der Waals surface area contributed by atoms with Crippen molar-refractivity contribution < 1.29 is 13.5 Å². The SMILES string of the molecule is F[C@@H](O[C@H](F)C(Cl)(Cl)Cl)C(Cl)(Cl)Cl. The Bertz CT molecular complexity index is 147. The first kappa shape index (κ1) is 14.6. The Kier molecular flexibility index (Phi) is 5.67. The van der Waals surface area contributed by atoms with Crippen molar-refractivity contribution in [2.75, 3.05) is 0 Å². The Morgan fingerprint density at radius 1 is 0.769 bits per heavy atom. The number of halogens is 8. The summed E-state index contributed by atoms with van der Waals surface area (Å²) in [4.78, 5) is 0. The summed E-state index contributed by atoms with van der Waals surface area (Å²) in [5.41, 5.74) is 0. The molecule has 0 aromatic carbocycles. The van der Waals surface area contributed by atoms with Crippen LogP contribution < -0.4 is 0 Å². The number of hydrogen-bond donors (Lipinski definition) is 0. The van der Waals surface area contributed by atoms with Gasteiger partial charge in [-0.2, -0.15) is 0 Å². The lowest BCUT2D eigenvalue weighted by atomic mass is 10.7. The maximum absolute atomic E-state index is 12.7. The van der Waals surface area contributed by atoms with Crippen LogP contribution in [0.25, 0.3) is 0 Å². The summed E-state index contributed by atoms with van der Waals surface area (Å²) in [6, 6.07) is 0. The zero-order valence-corrected chi connectivity index (χ0v) is 10.1. The van der Waals surface area contributed by atoms with Gasteiger partial charge in [-0.05, 0) is 0 Å². The van der Waals surface area contributed by atoms with E-state index in [0.29, 0.717) is 0 Å². The van der Waals surface area contributed by atoms with Gasteiger partial charge in [0.15, 0.2) is 0 Å². The standard InChI is InChI=1S/C4H2Cl6F2O/c5-3(6,7)1(11)13-2(12)4(8,9)10/h1-2H/t1-,2-/m0/s1. The van der Waals surface area contributed by atoms with Gasteiger partial charge < -0.3 is 4.74 Å². The minimum Gasteiger partial charge on any atom is -0.306 e. The van der Waals surface area contributed by atoms with E-state index in [1.165, 1.54) is 0 Å². The van der Waals surface area contributed by atoms with Crippen molar-refractivity contribution in [1.82, 2.24) is 0 Å². The third-order valence-electron chi connectivity index (χ3n) is 0.754. The Morgan fingerprint density at radius 2 is 1.00 bits per heavy atom. The van der Waals surface area contributed by atoms with E-state index in [0.717, 1.165) is 0 Å². The van der Waals surface area contributed by atoms with Crippen LogP contribution in [0, 0.1) is 0 Å². The van der Waals surface area contributed by atoms with Crippen molar-refractivity contribution in [1.29, 1.82) is 0 Å². The van der Waals surface area contributed by atoms with E-state index in [1.54, 1.807) is 0 Å². The zero-order valence-electron chi connectivity index (χ0n) is 5.59. The monoisotopic (exact) mass is 314 g/mol. The Balaban J connectivity index is 4.15. The highest BCUT2D eigenvalue weighted by Crippen LogP contribution is 2.38. The lowest BCUT2D eigenvalue weighted by molar-refractivity contribution is -0.134. The van der Waals surface area contributed by atoms with Crippen LogP contribution in [0.3, 0.4) is 0 Å². The van der Waals surface area contributed by atoms with Gasteiger partial charge in [-0.25, -0.2) is 8.78 Å². The molecule has 0 saturated heterocycles. The maximum atomic E-state index is 12.7. The molecular weight excluding hydrogens is 315 g/mol. The molecule has 0 aliphatic heterocycles. The smallest absolute Gasteiger partial charge is 0.249 e. The molecule has 0 aromatic rings. The second-order valence-electron chi connectivity index (χ2n) is 1.85. The van der Waals surface area contributed by atoms with Crippen LogP contribution >= 0.6 is 69.6 Å². The van der Waals surface area contributed by atoms with Gasteiger partial charge in [-0.1, -0.05) is 69.6 Å². The van der Waals surface area contributed by atoms with E-state index in [1.807, 2.05) is 0 Å². The summed E-state index contributed by atoms with van der Waals surface area (Å²) in [7, 11) is 0. The lowest BCUT2D eigenvalue weighted by Crippen LogP contribution is -2.33. The molecule has 0 heterocycles. The van der Waals surface area contributed by atoms with E-state index in [4.69, 9.17) is 69.6 Å². The van der Waals surface area contributed by atoms with Gasteiger partial charge in [0, 0.05) is 0 Å². The molecule has 0 bridgehead atoms. The van der Waals surface area contributed by atoms with E-state index >= 15 is 0 Å². The highest BCUT2D eigenvalue weighted by atomic mass is 35.6. The van der Waals surface area contributed by atoms with Crippen molar-refractivity contribution in [3.8, 4) is 0 Å². The molecular formula is C4H2Cl6F2O. The maximum Gasteiger partial charge on any atom is 0.249 e. The molecule has 0 spiro atoms. The van der Waals surface area contributed by atoms with E-state index < -0.39 is 20.3 Å². The summed E-state index contributed by atoms with van der Waals surface area (Å²) in [5.74, 6) is 0. The summed E-state index contributed by atoms with van der Waals surface area (Å²) in [6.07, 6.45) is -5.05. The highest BCUT2D eigenvalue weighted by Gasteiger charge is 2.42. The predicted molar refractivity (Wildman–Crippen MR) is 51.5 cm³/mol. The number of hydrogen-bond acceptors (Lipinski definition) is 1. The fourth-order valence-electron chi connectivity index (χ4n) is 0.259.